The smallest absolute Gasteiger partial charge is 0.328 e. The number of carbonyl (C=O) groups is 1. The van der Waals surface area contributed by atoms with Crippen molar-refractivity contribution >= 4 is 16.1 Å². The number of sulfonamides is 1. The molecule has 1 aliphatic carbocycles. The Hall–Kier alpha value is -1.76. The molecule has 0 atom stereocenters. The van der Waals surface area contributed by atoms with Crippen molar-refractivity contribution in [3.63, 3.8) is 0 Å². The zero-order valence-corrected chi connectivity index (χ0v) is 15.2. The van der Waals surface area contributed by atoms with E-state index in [-0.39, 0.29) is 10.9 Å². The van der Waals surface area contributed by atoms with Gasteiger partial charge in [-0.2, -0.15) is 0 Å². The summed E-state index contributed by atoms with van der Waals surface area (Å²) in [6.07, 6.45) is 3.90. The second kappa shape index (κ2) is 7.88. The Labute approximate surface area is 144 Å². The fraction of sp³-hybridized carbons (Fsp3) is 0.588. The van der Waals surface area contributed by atoms with Crippen molar-refractivity contribution in [2.24, 2.45) is 11.8 Å². The second-order valence-electron chi connectivity index (χ2n) is 6.61. The van der Waals surface area contributed by atoms with Crippen molar-refractivity contribution in [2.45, 2.75) is 50.5 Å². The van der Waals surface area contributed by atoms with E-state index in [0.717, 1.165) is 25.7 Å². The lowest BCUT2D eigenvalue weighted by molar-refractivity contribution is 0.219. The maximum absolute atomic E-state index is 12.2. The van der Waals surface area contributed by atoms with Gasteiger partial charge in [-0.15, -0.1) is 0 Å². The Morgan fingerprint density at radius 3 is 2.21 bits per heavy atom. The molecule has 0 aromatic heterocycles. The first-order valence-corrected chi connectivity index (χ1v) is 9.77. The largest absolute Gasteiger partial charge is 0.497 e. The molecule has 0 saturated heterocycles. The number of methoxy groups -OCH3 is 1. The summed E-state index contributed by atoms with van der Waals surface area (Å²) >= 11 is 0. The molecule has 1 aromatic carbocycles. The standard InChI is InChI=1S/C17H26N2O4S/c1-12(2)13-4-6-14(7-5-13)18-17(20)19-24(21,22)16-10-8-15(23-3)9-11-16/h8-14H,4-7H2,1-3H3,(H2,18,19,20). The molecule has 0 aliphatic heterocycles. The van der Waals surface area contributed by atoms with Gasteiger partial charge in [0.15, 0.2) is 0 Å². The van der Waals surface area contributed by atoms with Gasteiger partial charge in [0.25, 0.3) is 10.0 Å². The molecule has 2 N–H and O–H groups in total. The van der Waals surface area contributed by atoms with Gasteiger partial charge in [-0.25, -0.2) is 17.9 Å². The Morgan fingerprint density at radius 1 is 1.12 bits per heavy atom. The highest BCUT2D eigenvalue weighted by atomic mass is 32.2. The second-order valence-corrected chi connectivity index (χ2v) is 8.29. The van der Waals surface area contributed by atoms with Crippen molar-refractivity contribution in [2.75, 3.05) is 7.11 Å². The molecule has 0 bridgehead atoms. The monoisotopic (exact) mass is 354 g/mol. The summed E-state index contributed by atoms with van der Waals surface area (Å²) in [5.74, 6) is 1.89. The normalized spacial score (nSPS) is 21.3. The van der Waals surface area contributed by atoms with Crippen molar-refractivity contribution in [1.82, 2.24) is 10.0 Å². The first-order valence-electron chi connectivity index (χ1n) is 8.29. The van der Waals surface area contributed by atoms with Crippen LogP contribution >= 0.6 is 0 Å². The van der Waals surface area contributed by atoms with Crippen LogP contribution in [0.25, 0.3) is 0 Å². The minimum atomic E-state index is -3.88. The van der Waals surface area contributed by atoms with Gasteiger partial charge in [-0.3, -0.25) is 0 Å². The molecule has 0 radical (unpaired) electrons. The lowest BCUT2D eigenvalue weighted by Crippen LogP contribution is -2.45. The molecule has 2 amide bonds. The van der Waals surface area contributed by atoms with Crippen LogP contribution in [-0.4, -0.2) is 27.6 Å². The lowest BCUT2D eigenvalue weighted by atomic mass is 9.80. The molecule has 0 spiro atoms. The summed E-state index contributed by atoms with van der Waals surface area (Å²) in [6, 6.07) is 5.26. The number of benzene rings is 1. The summed E-state index contributed by atoms with van der Waals surface area (Å²) in [4.78, 5) is 12.0. The summed E-state index contributed by atoms with van der Waals surface area (Å²) in [6.45, 7) is 4.43. The minimum Gasteiger partial charge on any atom is -0.497 e. The van der Waals surface area contributed by atoms with E-state index < -0.39 is 16.1 Å². The molecule has 1 aliphatic rings. The summed E-state index contributed by atoms with van der Waals surface area (Å²) < 4.78 is 31.5. The Kier molecular flexibility index (Phi) is 6.10. The van der Waals surface area contributed by atoms with Gasteiger partial charge in [0.1, 0.15) is 5.75 Å². The van der Waals surface area contributed by atoms with Crippen molar-refractivity contribution in [1.29, 1.82) is 0 Å². The molecule has 6 nitrogen and oxygen atoms in total. The SMILES string of the molecule is COc1ccc(S(=O)(=O)NC(=O)NC2CCC(C(C)C)CC2)cc1. The van der Waals surface area contributed by atoms with E-state index in [1.165, 1.54) is 19.2 Å². The first-order chi connectivity index (χ1) is 11.3. The van der Waals surface area contributed by atoms with E-state index in [1.54, 1.807) is 12.1 Å². The van der Waals surface area contributed by atoms with Gasteiger partial charge in [-0.05, 0) is 61.8 Å². The maximum atomic E-state index is 12.2. The van der Waals surface area contributed by atoms with Crippen LogP contribution in [0, 0.1) is 11.8 Å². The topological polar surface area (TPSA) is 84.5 Å². The molecule has 1 saturated carbocycles. The van der Waals surface area contributed by atoms with Gasteiger partial charge in [-0.1, -0.05) is 13.8 Å². The third-order valence-corrected chi connectivity index (χ3v) is 5.99. The predicted octanol–water partition coefficient (Wildman–Crippen LogP) is 2.90. The van der Waals surface area contributed by atoms with Gasteiger partial charge in [0.05, 0.1) is 12.0 Å². The van der Waals surface area contributed by atoms with Crippen LogP contribution < -0.4 is 14.8 Å². The molecular weight excluding hydrogens is 328 g/mol. The molecule has 24 heavy (non-hydrogen) atoms. The quantitative estimate of drug-likeness (QED) is 0.851. The maximum Gasteiger partial charge on any atom is 0.328 e. The average Bonchev–Trinajstić information content (AvgIpc) is 2.54. The van der Waals surface area contributed by atoms with E-state index in [9.17, 15) is 13.2 Å². The van der Waals surface area contributed by atoms with Crippen LogP contribution in [0.3, 0.4) is 0 Å². The number of carbonyl (C=O) groups excluding carboxylic acids is 1. The van der Waals surface area contributed by atoms with E-state index in [1.807, 2.05) is 0 Å². The lowest BCUT2D eigenvalue weighted by Gasteiger charge is -2.31. The number of hydrogen-bond acceptors (Lipinski definition) is 4. The highest BCUT2D eigenvalue weighted by Crippen LogP contribution is 2.29. The van der Waals surface area contributed by atoms with Crippen LogP contribution in [0.5, 0.6) is 5.75 Å². The molecule has 2 rings (SSSR count). The van der Waals surface area contributed by atoms with Crippen LogP contribution in [0.1, 0.15) is 39.5 Å². The number of nitrogens with one attached hydrogen (secondary N) is 2. The van der Waals surface area contributed by atoms with Gasteiger partial charge >= 0.3 is 6.03 Å². The van der Waals surface area contributed by atoms with Crippen LogP contribution in [0.15, 0.2) is 29.2 Å². The van der Waals surface area contributed by atoms with E-state index in [2.05, 4.69) is 23.9 Å². The predicted molar refractivity (Wildman–Crippen MR) is 92.4 cm³/mol. The van der Waals surface area contributed by atoms with Crippen LogP contribution in [-0.2, 0) is 10.0 Å². The van der Waals surface area contributed by atoms with Gasteiger partial charge < -0.3 is 10.1 Å². The zero-order valence-electron chi connectivity index (χ0n) is 14.4. The van der Waals surface area contributed by atoms with Crippen molar-refractivity contribution < 1.29 is 17.9 Å². The fourth-order valence-corrected chi connectivity index (χ4v) is 4.00. The fourth-order valence-electron chi connectivity index (χ4n) is 3.08. The summed E-state index contributed by atoms with van der Waals surface area (Å²) in [5, 5.41) is 2.77. The third-order valence-electron chi connectivity index (χ3n) is 4.65. The van der Waals surface area contributed by atoms with E-state index in [0.29, 0.717) is 17.6 Å². The Balaban J connectivity index is 1.89. The number of amides is 2. The van der Waals surface area contributed by atoms with Crippen LogP contribution in [0.4, 0.5) is 4.79 Å². The average molecular weight is 354 g/mol. The zero-order chi connectivity index (χ0) is 17.7. The molecular formula is C17H26N2O4S. The number of hydrogen-bond donors (Lipinski definition) is 2. The molecule has 1 fully saturated rings. The number of rotatable bonds is 5. The molecule has 0 heterocycles. The number of ether oxygens (including phenoxy) is 1. The van der Waals surface area contributed by atoms with Crippen molar-refractivity contribution in [3.8, 4) is 5.75 Å². The molecule has 7 heteroatoms. The number of urea groups is 1. The first kappa shape index (κ1) is 18.6. The summed E-state index contributed by atoms with van der Waals surface area (Å²) in [7, 11) is -2.37. The van der Waals surface area contributed by atoms with Gasteiger partial charge in [0, 0.05) is 6.04 Å². The Morgan fingerprint density at radius 2 is 1.71 bits per heavy atom. The van der Waals surface area contributed by atoms with Crippen molar-refractivity contribution in [3.05, 3.63) is 24.3 Å². The summed E-state index contributed by atoms with van der Waals surface area (Å²) in [5.41, 5.74) is 0. The highest BCUT2D eigenvalue weighted by molar-refractivity contribution is 7.90. The third kappa shape index (κ3) is 4.87. The Bertz CT molecular complexity index is 648. The highest BCUT2D eigenvalue weighted by Gasteiger charge is 2.25. The molecule has 134 valence electrons. The minimum absolute atomic E-state index is 0.0296. The van der Waals surface area contributed by atoms with E-state index in [4.69, 9.17) is 4.74 Å². The van der Waals surface area contributed by atoms with Crippen LogP contribution in [0.2, 0.25) is 0 Å². The van der Waals surface area contributed by atoms with Gasteiger partial charge in [0.2, 0.25) is 0 Å². The molecule has 1 aromatic rings. The molecule has 0 unspecified atom stereocenters. The van der Waals surface area contributed by atoms with E-state index >= 15 is 0 Å².